The smallest absolute Gasteiger partial charge is 0.265 e. The third kappa shape index (κ3) is 3.55. The molecule has 7 heteroatoms. The van der Waals surface area contributed by atoms with E-state index in [9.17, 15) is 14.0 Å². The molecular formula is C21H16FN3O3. The lowest BCUT2D eigenvalue weighted by Gasteiger charge is -2.30. The second-order valence-electron chi connectivity index (χ2n) is 6.24. The number of anilines is 2. The molecule has 6 nitrogen and oxygen atoms in total. The van der Waals surface area contributed by atoms with Gasteiger partial charge in [0.15, 0.2) is 6.61 Å². The largest absolute Gasteiger partial charge is 0.481 e. The van der Waals surface area contributed by atoms with Crippen LogP contribution in [0.2, 0.25) is 0 Å². The summed E-state index contributed by atoms with van der Waals surface area (Å²) in [6.07, 6.45) is 3.06. The summed E-state index contributed by atoms with van der Waals surface area (Å²) >= 11 is 0. The first-order chi connectivity index (χ1) is 13.6. The fraction of sp³-hybridized carbons (Fsp3) is 0.0952. The number of amides is 2. The van der Waals surface area contributed by atoms with Crippen LogP contribution in [0.3, 0.4) is 0 Å². The normalized spacial score (nSPS) is 12.9. The van der Waals surface area contributed by atoms with Crippen molar-refractivity contribution in [2.75, 3.05) is 16.8 Å². The molecule has 0 saturated carbocycles. The van der Waals surface area contributed by atoms with Crippen LogP contribution >= 0.6 is 0 Å². The molecule has 28 heavy (non-hydrogen) atoms. The summed E-state index contributed by atoms with van der Waals surface area (Å²) in [5, 5.41) is 2.77. The maximum absolute atomic E-state index is 14.0. The predicted octanol–water partition coefficient (Wildman–Crippen LogP) is 3.40. The molecule has 2 heterocycles. The van der Waals surface area contributed by atoms with E-state index in [0.29, 0.717) is 28.3 Å². The van der Waals surface area contributed by atoms with Gasteiger partial charge in [-0.15, -0.1) is 0 Å². The third-order valence-corrected chi connectivity index (χ3v) is 4.37. The minimum absolute atomic E-state index is 0.100. The average molecular weight is 377 g/mol. The van der Waals surface area contributed by atoms with Crippen molar-refractivity contribution in [3.63, 3.8) is 0 Å². The summed E-state index contributed by atoms with van der Waals surface area (Å²) < 4.78 is 19.5. The highest BCUT2D eigenvalue weighted by Gasteiger charge is 2.26. The maximum Gasteiger partial charge on any atom is 0.265 e. The van der Waals surface area contributed by atoms with Crippen molar-refractivity contribution in [3.05, 3.63) is 83.9 Å². The number of pyridine rings is 1. The number of aromatic nitrogens is 1. The van der Waals surface area contributed by atoms with Crippen LogP contribution in [0, 0.1) is 5.82 Å². The predicted molar refractivity (Wildman–Crippen MR) is 102 cm³/mol. The Morgan fingerprint density at radius 3 is 2.82 bits per heavy atom. The van der Waals surface area contributed by atoms with Gasteiger partial charge >= 0.3 is 0 Å². The topological polar surface area (TPSA) is 71.5 Å². The van der Waals surface area contributed by atoms with Crippen molar-refractivity contribution in [3.8, 4) is 5.75 Å². The van der Waals surface area contributed by atoms with Crippen LogP contribution in [0.1, 0.15) is 15.9 Å². The second kappa shape index (κ2) is 7.48. The molecule has 0 atom stereocenters. The van der Waals surface area contributed by atoms with Crippen LogP contribution in [0.5, 0.6) is 5.75 Å². The third-order valence-electron chi connectivity index (χ3n) is 4.37. The minimum Gasteiger partial charge on any atom is -0.481 e. The molecule has 1 aliphatic rings. The van der Waals surface area contributed by atoms with Gasteiger partial charge in [0, 0.05) is 29.7 Å². The van der Waals surface area contributed by atoms with E-state index in [2.05, 4.69) is 10.3 Å². The Labute approximate surface area is 160 Å². The molecule has 140 valence electrons. The van der Waals surface area contributed by atoms with E-state index in [1.807, 2.05) is 0 Å². The zero-order valence-corrected chi connectivity index (χ0v) is 14.8. The fourth-order valence-electron chi connectivity index (χ4n) is 2.95. The van der Waals surface area contributed by atoms with Gasteiger partial charge in [-0.1, -0.05) is 18.2 Å². The van der Waals surface area contributed by atoms with Crippen LogP contribution in [0.4, 0.5) is 15.8 Å². The molecule has 0 saturated heterocycles. The summed E-state index contributed by atoms with van der Waals surface area (Å²) in [5.41, 5.74) is 1.89. The summed E-state index contributed by atoms with van der Waals surface area (Å²) in [4.78, 5) is 30.0. The van der Waals surface area contributed by atoms with Gasteiger partial charge in [0.2, 0.25) is 0 Å². The second-order valence-corrected chi connectivity index (χ2v) is 6.24. The molecule has 1 aromatic heterocycles. The zero-order chi connectivity index (χ0) is 19.5. The van der Waals surface area contributed by atoms with Crippen molar-refractivity contribution in [1.29, 1.82) is 0 Å². The number of ether oxygens (including phenoxy) is 1. The van der Waals surface area contributed by atoms with E-state index in [4.69, 9.17) is 4.74 Å². The highest BCUT2D eigenvalue weighted by molar-refractivity contribution is 6.04. The van der Waals surface area contributed by atoms with Gasteiger partial charge < -0.3 is 15.0 Å². The molecule has 0 spiro atoms. The Hall–Kier alpha value is -3.74. The number of nitrogens with zero attached hydrogens (tertiary/aromatic N) is 2. The maximum atomic E-state index is 14.0. The Kier molecular flexibility index (Phi) is 4.72. The van der Waals surface area contributed by atoms with Crippen LogP contribution in [0.15, 0.2) is 67.0 Å². The lowest BCUT2D eigenvalue weighted by molar-refractivity contribution is -0.121. The quantitative estimate of drug-likeness (QED) is 0.757. The average Bonchev–Trinajstić information content (AvgIpc) is 2.72. The molecular weight excluding hydrogens is 361 g/mol. The Morgan fingerprint density at radius 2 is 2.04 bits per heavy atom. The lowest BCUT2D eigenvalue weighted by atomic mass is 10.1. The molecule has 2 aromatic carbocycles. The van der Waals surface area contributed by atoms with Gasteiger partial charge in [0.1, 0.15) is 11.6 Å². The van der Waals surface area contributed by atoms with Crippen molar-refractivity contribution in [2.45, 2.75) is 6.54 Å². The molecule has 2 amide bonds. The first kappa shape index (κ1) is 17.7. The fourth-order valence-corrected chi connectivity index (χ4v) is 2.95. The highest BCUT2D eigenvalue weighted by atomic mass is 19.1. The Morgan fingerprint density at radius 1 is 1.18 bits per heavy atom. The molecule has 3 aromatic rings. The van der Waals surface area contributed by atoms with Crippen molar-refractivity contribution < 1.29 is 18.7 Å². The number of fused-ring (bicyclic) bond motifs is 1. The lowest BCUT2D eigenvalue weighted by Crippen LogP contribution is -2.38. The monoisotopic (exact) mass is 377 g/mol. The number of hydrogen-bond donors (Lipinski definition) is 1. The molecule has 0 radical (unpaired) electrons. The number of nitrogens with one attached hydrogen (secondary N) is 1. The summed E-state index contributed by atoms with van der Waals surface area (Å²) in [7, 11) is 0. The molecule has 0 aliphatic carbocycles. The van der Waals surface area contributed by atoms with E-state index in [-0.39, 0.29) is 30.8 Å². The summed E-state index contributed by atoms with van der Waals surface area (Å²) in [6.45, 7) is -0.0509. The molecule has 1 N–H and O–H groups in total. The van der Waals surface area contributed by atoms with E-state index in [0.717, 1.165) is 0 Å². The standard InChI is InChI=1S/C21H16FN3O3/c22-17-6-2-1-4-15(17)12-25-18-8-7-16(10-19(18)28-13-20(25)26)24-21(27)14-5-3-9-23-11-14/h1-11H,12-13H2,(H,24,27). The van der Waals surface area contributed by atoms with Crippen molar-refractivity contribution >= 4 is 23.2 Å². The SMILES string of the molecule is O=C(Nc1ccc2c(c1)OCC(=O)N2Cc1ccccc1F)c1cccnc1. The number of benzene rings is 2. The molecule has 0 fully saturated rings. The Bertz CT molecular complexity index is 1040. The molecule has 0 unspecified atom stereocenters. The van der Waals surface area contributed by atoms with Crippen molar-refractivity contribution in [1.82, 2.24) is 4.98 Å². The number of rotatable bonds is 4. The van der Waals surface area contributed by atoms with Gasteiger partial charge in [-0.25, -0.2) is 4.39 Å². The van der Waals surface area contributed by atoms with Crippen LogP contribution < -0.4 is 15.0 Å². The van der Waals surface area contributed by atoms with Crippen LogP contribution in [-0.4, -0.2) is 23.4 Å². The van der Waals surface area contributed by atoms with Gasteiger partial charge in [-0.2, -0.15) is 0 Å². The van der Waals surface area contributed by atoms with Crippen LogP contribution in [0.25, 0.3) is 0 Å². The van der Waals surface area contributed by atoms with Crippen molar-refractivity contribution in [2.24, 2.45) is 0 Å². The highest BCUT2D eigenvalue weighted by Crippen LogP contribution is 2.35. The minimum atomic E-state index is -0.372. The number of halogens is 1. The molecule has 4 rings (SSSR count). The first-order valence-corrected chi connectivity index (χ1v) is 8.64. The van der Waals surface area contributed by atoms with E-state index in [1.165, 1.54) is 17.2 Å². The van der Waals surface area contributed by atoms with Gasteiger partial charge in [0.05, 0.1) is 17.8 Å². The number of carbonyl (C=O) groups is 2. The summed E-state index contributed by atoms with van der Waals surface area (Å²) in [5.74, 6) is -0.491. The van der Waals surface area contributed by atoms with E-state index >= 15 is 0 Å². The van der Waals surface area contributed by atoms with Gasteiger partial charge in [0.25, 0.3) is 11.8 Å². The van der Waals surface area contributed by atoms with Gasteiger partial charge in [-0.05, 0) is 30.3 Å². The molecule has 0 bridgehead atoms. The van der Waals surface area contributed by atoms with Gasteiger partial charge in [-0.3, -0.25) is 14.6 Å². The number of hydrogen-bond acceptors (Lipinski definition) is 4. The van der Waals surface area contributed by atoms with Crippen LogP contribution in [-0.2, 0) is 11.3 Å². The summed E-state index contributed by atoms with van der Waals surface area (Å²) in [6, 6.07) is 14.6. The zero-order valence-electron chi connectivity index (χ0n) is 14.8. The number of carbonyl (C=O) groups excluding carboxylic acids is 2. The Balaban J connectivity index is 1.58. The van der Waals surface area contributed by atoms with E-state index in [1.54, 1.807) is 54.7 Å². The van der Waals surface area contributed by atoms with E-state index < -0.39 is 0 Å². The first-order valence-electron chi connectivity index (χ1n) is 8.64. The molecule has 1 aliphatic heterocycles.